The van der Waals surface area contributed by atoms with Crippen LogP contribution in [-0.2, 0) is 9.53 Å². The molecule has 2 N–H and O–H groups in total. The van der Waals surface area contributed by atoms with E-state index in [1.807, 2.05) is 20.8 Å². The van der Waals surface area contributed by atoms with Crippen LogP contribution in [-0.4, -0.2) is 54.0 Å². The molecule has 0 bridgehead atoms. The highest BCUT2D eigenvalue weighted by atomic mass is 35.5. The van der Waals surface area contributed by atoms with Crippen LogP contribution in [0.4, 0.5) is 4.79 Å². The van der Waals surface area contributed by atoms with Gasteiger partial charge in [0, 0.05) is 25.5 Å². The molecule has 9 heteroatoms. The van der Waals surface area contributed by atoms with Crippen LogP contribution in [0.3, 0.4) is 0 Å². The third-order valence-electron chi connectivity index (χ3n) is 3.25. The van der Waals surface area contributed by atoms with E-state index in [4.69, 9.17) is 16.3 Å². The second-order valence-corrected chi connectivity index (χ2v) is 6.79. The van der Waals surface area contributed by atoms with Gasteiger partial charge in [0.05, 0.1) is 5.92 Å². The number of hydrogen-bond donors (Lipinski definition) is 2. The first-order chi connectivity index (χ1) is 11.7. The molecule has 0 aromatic rings. The van der Waals surface area contributed by atoms with Gasteiger partial charge in [0.1, 0.15) is 17.4 Å². The fourth-order valence-corrected chi connectivity index (χ4v) is 2.24. The van der Waals surface area contributed by atoms with Crippen LogP contribution in [0.1, 0.15) is 33.6 Å². The lowest BCUT2D eigenvalue weighted by atomic mass is 9.98. The molecule has 0 aliphatic carbocycles. The third-order valence-corrected chi connectivity index (χ3v) is 3.38. The first-order valence-corrected chi connectivity index (χ1v) is 8.57. The first-order valence-electron chi connectivity index (χ1n) is 8.04. The average molecular weight is 372 g/mol. The Morgan fingerprint density at radius 1 is 1.36 bits per heavy atom. The van der Waals surface area contributed by atoms with Gasteiger partial charge in [-0.1, -0.05) is 6.58 Å². The molecule has 25 heavy (non-hydrogen) atoms. The van der Waals surface area contributed by atoms with Crippen molar-refractivity contribution in [3.8, 4) is 0 Å². The van der Waals surface area contributed by atoms with Gasteiger partial charge >= 0.3 is 6.09 Å². The summed E-state index contributed by atoms with van der Waals surface area (Å²) in [5.41, 5.74) is 4.61. The topological polar surface area (TPSA) is 95.4 Å². The maximum absolute atomic E-state index is 12.2. The van der Waals surface area contributed by atoms with Gasteiger partial charge in [-0.15, -0.1) is 11.6 Å². The molecule has 0 aromatic carbocycles. The Kier molecular flexibility index (Phi) is 8.40. The molecule has 0 aromatic heterocycles. The second kappa shape index (κ2) is 10.0. The molecular formula is C16H26ClN5O3. The number of carbonyl (C=O) groups is 2. The zero-order valence-electron chi connectivity index (χ0n) is 14.9. The highest BCUT2D eigenvalue weighted by molar-refractivity contribution is 6.21. The maximum atomic E-state index is 12.2. The summed E-state index contributed by atoms with van der Waals surface area (Å²) in [6.07, 6.45) is 3.89. The first kappa shape index (κ1) is 21.0. The number of alkyl halides is 1. The van der Waals surface area contributed by atoms with E-state index < -0.39 is 11.7 Å². The number of ether oxygens (including phenoxy) is 1. The number of nitrogens with one attached hydrogen (secondary N) is 2. The summed E-state index contributed by atoms with van der Waals surface area (Å²) >= 11 is 5.38. The lowest BCUT2D eigenvalue weighted by Gasteiger charge is -2.33. The molecule has 1 aliphatic rings. The Morgan fingerprint density at radius 2 is 2.08 bits per heavy atom. The third kappa shape index (κ3) is 8.53. The van der Waals surface area contributed by atoms with Gasteiger partial charge in [0.15, 0.2) is 0 Å². The predicted octanol–water partition coefficient (Wildman–Crippen LogP) is 2.06. The number of hydrogen-bond acceptors (Lipinski definition) is 6. The number of carbonyl (C=O) groups excluding carboxylic acids is 2. The molecule has 0 unspecified atom stereocenters. The van der Waals surface area contributed by atoms with Crippen molar-refractivity contribution >= 4 is 36.0 Å². The quantitative estimate of drug-likeness (QED) is 0.323. The van der Waals surface area contributed by atoms with Crippen molar-refractivity contribution in [3.05, 3.63) is 12.4 Å². The van der Waals surface area contributed by atoms with Gasteiger partial charge in [-0.05, 0) is 33.6 Å². The van der Waals surface area contributed by atoms with Crippen LogP contribution in [0.15, 0.2) is 22.4 Å². The molecule has 1 saturated heterocycles. The van der Waals surface area contributed by atoms with Gasteiger partial charge in [0.25, 0.3) is 0 Å². The molecule has 1 heterocycles. The molecule has 140 valence electrons. The minimum atomic E-state index is -0.559. The fraction of sp³-hybridized carbons (Fsp3) is 0.625. The Balaban J connectivity index is 2.45. The van der Waals surface area contributed by atoms with Crippen LogP contribution >= 0.6 is 11.6 Å². The lowest BCUT2D eigenvalue weighted by molar-refractivity contribution is -0.127. The fourth-order valence-electron chi connectivity index (χ4n) is 2.16. The highest BCUT2D eigenvalue weighted by Gasteiger charge is 2.30. The van der Waals surface area contributed by atoms with Crippen molar-refractivity contribution in [2.45, 2.75) is 39.2 Å². The number of aliphatic imine (C=N–C) groups is 2. The highest BCUT2D eigenvalue weighted by Crippen LogP contribution is 2.19. The zero-order chi connectivity index (χ0) is 18.9. The molecule has 1 fully saturated rings. The number of nitrogens with zero attached hydrogens (tertiary/aromatic N) is 3. The summed E-state index contributed by atoms with van der Waals surface area (Å²) in [6, 6.07) is 0.151. The van der Waals surface area contributed by atoms with Crippen molar-refractivity contribution < 1.29 is 14.3 Å². The standard InChI is InChI=1S/C16H26ClN5O3/c1-12(19-8-7-18-11-17)20-21-14(23)13-6-5-9-22(10-13)15(24)25-16(2,3)4/h7-8,13,20H,1,5-6,9-11H2,2-4H3,(H,21,23)/b18-7-,19-8-/t13-/m0/s1. The summed E-state index contributed by atoms with van der Waals surface area (Å²) in [5, 5.41) is 0. The number of rotatable bonds is 6. The van der Waals surface area contributed by atoms with E-state index in [1.165, 1.54) is 12.4 Å². The van der Waals surface area contributed by atoms with Crippen molar-refractivity contribution in [2.24, 2.45) is 15.9 Å². The Morgan fingerprint density at radius 3 is 2.72 bits per heavy atom. The normalized spacial score (nSPS) is 18.4. The Bertz CT molecular complexity index is 542. The smallest absolute Gasteiger partial charge is 0.410 e. The molecular weight excluding hydrogens is 346 g/mol. The largest absolute Gasteiger partial charge is 0.444 e. The van der Waals surface area contributed by atoms with Gasteiger partial charge in [-0.2, -0.15) is 0 Å². The van der Waals surface area contributed by atoms with Crippen molar-refractivity contribution in [1.29, 1.82) is 0 Å². The predicted molar refractivity (Wildman–Crippen MR) is 98.7 cm³/mol. The molecule has 8 nitrogen and oxygen atoms in total. The lowest BCUT2D eigenvalue weighted by Crippen LogP contribution is -2.49. The van der Waals surface area contributed by atoms with E-state index in [9.17, 15) is 9.59 Å². The van der Waals surface area contributed by atoms with E-state index in [2.05, 4.69) is 27.4 Å². The summed E-state index contributed by atoms with van der Waals surface area (Å²) in [7, 11) is 0. The van der Waals surface area contributed by atoms with Gasteiger partial charge in [0.2, 0.25) is 5.91 Å². The van der Waals surface area contributed by atoms with Crippen LogP contribution in [0.25, 0.3) is 0 Å². The molecule has 0 spiro atoms. The maximum Gasteiger partial charge on any atom is 0.410 e. The van der Waals surface area contributed by atoms with Crippen molar-refractivity contribution in [1.82, 2.24) is 15.8 Å². The summed E-state index contributed by atoms with van der Waals surface area (Å²) < 4.78 is 5.35. The molecule has 0 radical (unpaired) electrons. The van der Waals surface area contributed by atoms with E-state index in [0.29, 0.717) is 19.5 Å². The molecule has 1 aliphatic heterocycles. The molecule has 0 saturated carbocycles. The van der Waals surface area contributed by atoms with E-state index >= 15 is 0 Å². The summed E-state index contributed by atoms with van der Waals surface area (Å²) in [4.78, 5) is 33.6. The Hall–Kier alpha value is -2.09. The minimum Gasteiger partial charge on any atom is -0.444 e. The zero-order valence-corrected chi connectivity index (χ0v) is 15.7. The molecule has 1 rings (SSSR count). The number of likely N-dealkylation sites (tertiary alicyclic amines) is 1. The average Bonchev–Trinajstić information content (AvgIpc) is 2.55. The number of halogens is 1. The SMILES string of the molecule is C=C(/N=C\C=N/CCl)NNC(=O)[C@H]1CCCN(C(=O)OC(C)(C)C)C1. The van der Waals surface area contributed by atoms with Crippen molar-refractivity contribution in [3.63, 3.8) is 0 Å². The van der Waals surface area contributed by atoms with Crippen molar-refractivity contribution in [2.75, 3.05) is 19.1 Å². The number of hydrazine groups is 1. The van der Waals surface area contributed by atoms with E-state index in [0.717, 1.165) is 6.42 Å². The summed E-state index contributed by atoms with van der Waals surface area (Å²) in [6.45, 7) is 9.99. The summed E-state index contributed by atoms with van der Waals surface area (Å²) in [5.74, 6) is -0.281. The molecule has 1 atom stereocenters. The van der Waals surface area contributed by atoms with Gasteiger partial charge in [-0.25, -0.2) is 9.79 Å². The number of amides is 2. The van der Waals surface area contributed by atoms with Gasteiger partial charge in [-0.3, -0.25) is 20.6 Å². The second-order valence-electron chi connectivity index (χ2n) is 6.56. The monoisotopic (exact) mass is 371 g/mol. The van der Waals surface area contributed by atoms with Crippen LogP contribution in [0.2, 0.25) is 0 Å². The van der Waals surface area contributed by atoms with Crippen LogP contribution in [0.5, 0.6) is 0 Å². The van der Waals surface area contributed by atoms with E-state index in [-0.39, 0.29) is 23.6 Å². The minimum absolute atomic E-state index is 0.151. The Labute approximate surface area is 153 Å². The molecule has 2 amide bonds. The number of piperidine rings is 1. The van der Waals surface area contributed by atoms with Crippen LogP contribution in [0, 0.1) is 5.92 Å². The van der Waals surface area contributed by atoms with E-state index in [1.54, 1.807) is 4.90 Å². The van der Waals surface area contributed by atoms with Gasteiger partial charge < -0.3 is 9.64 Å². The van der Waals surface area contributed by atoms with Crippen LogP contribution < -0.4 is 10.9 Å².